The zero-order valence-corrected chi connectivity index (χ0v) is 18.3. The molecule has 1 saturated heterocycles. The van der Waals surface area contributed by atoms with Crippen molar-refractivity contribution in [2.75, 3.05) is 26.7 Å². The Morgan fingerprint density at radius 3 is 2.45 bits per heavy atom. The van der Waals surface area contributed by atoms with Gasteiger partial charge in [-0.25, -0.2) is 0 Å². The summed E-state index contributed by atoms with van der Waals surface area (Å²) in [7, 11) is 1.53. The molecule has 0 aliphatic carbocycles. The highest BCUT2D eigenvalue weighted by Gasteiger charge is 2.28. The molecule has 0 radical (unpaired) electrons. The van der Waals surface area contributed by atoms with Gasteiger partial charge in [0.25, 0.3) is 5.91 Å². The molecule has 1 fully saturated rings. The summed E-state index contributed by atoms with van der Waals surface area (Å²) in [6.07, 6.45) is 4.09. The van der Waals surface area contributed by atoms with Gasteiger partial charge in [-0.3, -0.25) is 14.5 Å². The summed E-state index contributed by atoms with van der Waals surface area (Å²) < 4.78 is 5.26. The summed E-state index contributed by atoms with van der Waals surface area (Å²) in [5.41, 5.74) is 1.76. The van der Waals surface area contributed by atoms with Crippen molar-refractivity contribution in [3.05, 3.63) is 41.5 Å². The minimum absolute atomic E-state index is 0.0218. The van der Waals surface area contributed by atoms with Crippen LogP contribution < -0.4 is 15.4 Å². The van der Waals surface area contributed by atoms with Crippen LogP contribution in [-0.2, 0) is 4.79 Å². The Hall–Kier alpha value is -2.34. The van der Waals surface area contributed by atoms with E-state index in [1.165, 1.54) is 12.7 Å². The molecular weight excluding hydrogens is 366 g/mol. The van der Waals surface area contributed by atoms with Gasteiger partial charge in [-0.15, -0.1) is 0 Å². The second kappa shape index (κ2) is 11.0. The molecule has 1 aliphatic heterocycles. The standard InChI is InChI=1S/C23H35N3O3/c1-16(2)10-13-26-14-11-18(12-15-26)24-23(28)21(17(3)4)25-22(27)19-8-6-7-9-20(19)29-5/h6-10,17-18,21H,11-15H2,1-5H3,(H,24,28)(H,25,27). The molecule has 1 atom stereocenters. The lowest BCUT2D eigenvalue weighted by Gasteiger charge is -2.33. The highest BCUT2D eigenvalue weighted by Crippen LogP contribution is 2.18. The van der Waals surface area contributed by atoms with Crippen LogP contribution in [0.5, 0.6) is 5.75 Å². The number of allylic oxidation sites excluding steroid dienone is 1. The number of ether oxygens (including phenoxy) is 1. The number of piperidine rings is 1. The number of methoxy groups -OCH3 is 1. The summed E-state index contributed by atoms with van der Waals surface area (Å²) in [5, 5.41) is 6.03. The van der Waals surface area contributed by atoms with Crippen molar-refractivity contribution < 1.29 is 14.3 Å². The van der Waals surface area contributed by atoms with Crippen molar-refractivity contribution in [1.29, 1.82) is 0 Å². The first-order chi connectivity index (χ1) is 13.8. The molecular formula is C23H35N3O3. The average Bonchev–Trinajstić information content (AvgIpc) is 2.70. The summed E-state index contributed by atoms with van der Waals surface area (Å²) in [6, 6.07) is 6.59. The van der Waals surface area contributed by atoms with E-state index in [9.17, 15) is 9.59 Å². The molecule has 1 heterocycles. The predicted molar refractivity (Wildman–Crippen MR) is 116 cm³/mol. The highest BCUT2D eigenvalue weighted by atomic mass is 16.5. The average molecular weight is 402 g/mol. The van der Waals surface area contributed by atoms with Crippen LogP contribution >= 0.6 is 0 Å². The van der Waals surface area contributed by atoms with E-state index in [1.807, 2.05) is 19.9 Å². The van der Waals surface area contributed by atoms with Crippen molar-refractivity contribution in [2.24, 2.45) is 5.92 Å². The Kier molecular flexibility index (Phi) is 8.70. The topological polar surface area (TPSA) is 70.7 Å². The van der Waals surface area contributed by atoms with E-state index in [1.54, 1.807) is 18.2 Å². The van der Waals surface area contributed by atoms with E-state index in [0.29, 0.717) is 11.3 Å². The molecule has 6 nitrogen and oxygen atoms in total. The third-order valence-corrected chi connectivity index (χ3v) is 5.28. The fourth-order valence-corrected chi connectivity index (χ4v) is 3.45. The van der Waals surface area contributed by atoms with Crippen LogP contribution in [0.4, 0.5) is 0 Å². The maximum atomic E-state index is 12.9. The van der Waals surface area contributed by atoms with E-state index in [4.69, 9.17) is 4.74 Å². The van der Waals surface area contributed by atoms with Gasteiger partial charge in [0, 0.05) is 25.7 Å². The van der Waals surface area contributed by atoms with Crippen LogP contribution in [0, 0.1) is 5.92 Å². The molecule has 2 N–H and O–H groups in total. The van der Waals surface area contributed by atoms with Crippen molar-refractivity contribution in [3.8, 4) is 5.75 Å². The second-order valence-electron chi connectivity index (χ2n) is 8.26. The number of nitrogens with one attached hydrogen (secondary N) is 2. The van der Waals surface area contributed by atoms with Gasteiger partial charge in [-0.1, -0.05) is 37.6 Å². The van der Waals surface area contributed by atoms with Gasteiger partial charge in [0.1, 0.15) is 11.8 Å². The molecule has 29 heavy (non-hydrogen) atoms. The molecule has 6 heteroatoms. The van der Waals surface area contributed by atoms with Crippen LogP contribution in [0.1, 0.15) is 50.9 Å². The molecule has 2 rings (SSSR count). The minimum Gasteiger partial charge on any atom is -0.496 e. The molecule has 1 unspecified atom stereocenters. The van der Waals surface area contributed by atoms with Gasteiger partial charge in [-0.05, 0) is 44.7 Å². The molecule has 2 amide bonds. The number of para-hydroxylation sites is 1. The number of amides is 2. The zero-order chi connectivity index (χ0) is 21.4. The molecule has 0 aromatic heterocycles. The van der Waals surface area contributed by atoms with Crippen LogP contribution in [0.25, 0.3) is 0 Å². The molecule has 0 saturated carbocycles. The first-order valence-electron chi connectivity index (χ1n) is 10.4. The number of likely N-dealkylation sites (tertiary alicyclic amines) is 1. The lowest BCUT2D eigenvalue weighted by molar-refractivity contribution is -0.125. The minimum atomic E-state index is -0.587. The first-order valence-corrected chi connectivity index (χ1v) is 10.4. The van der Waals surface area contributed by atoms with E-state index >= 15 is 0 Å². The Bertz CT molecular complexity index is 718. The Labute approximate surface area is 174 Å². The van der Waals surface area contributed by atoms with Crippen LogP contribution in [0.15, 0.2) is 35.9 Å². The number of carbonyl (C=O) groups excluding carboxylic acids is 2. The fraction of sp³-hybridized carbons (Fsp3) is 0.565. The first kappa shape index (κ1) is 22.9. The predicted octanol–water partition coefficient (Wildman–Crippen LogP) is 3.00. The van der Waals surface area contributed by atoms with Gasteiger partial charge in [-0.2, -0.15) is 0 Å². The van der Waals surface area contributed by atoms with E-state index < -0.39 is 6.04 Å². The molecule has 1 aromatic carbocycles. The van der Waals surface area contributed by atoms with Gasteiger partial charge in [0.2, 0.25) is 5.91 Å². The van der Waals surface area contributed by atoms with Crippen molar-refractivity contribution in [2.45, 2.75) is 52.6 Å². The van der Waals surface area contributed by atoms with E-state index in [0.717, 1.165) is 32.5 Å². The summed E-state index contributed by atoms with van der Waals surface area (Å²) >= 11 is 0. The van der Waals surface area contributed by atoms with Gasteiger partial charge in [0.05, 0.1) is 12.7 Å². The number of carbonyl (C=O) groups is 2. The number of benzene rings is 1. The van der Waals surface area contributed by atoms with Crippen LogP contribution in [0.3, 0.4) is 0 Å². The number of rotatable bonds is 8. The Morgan fingerprint density at radius 1 is 1.21 bits per heavy atom. The second-order valence-corrected chi connectivity index (χ2v) is 8.26. The third-order valence-electron chi connectivity index (χ3n) is 5.28. The normalized spacial score (nSPS) is 16.2. The van der Waals surface area contributed by atoms with E-state index in [2.05, 4.69) is 35.5 Å². The van der Waals surface area contributed by atoms with Crippen LogP contribution in [-0.4, -0.2) is 55.5 Å². The van der Waals surface area contributed by atoms with Crippen molar-refractivity contribution >= 4 is 11.8 Å². The largest absolute Gasteiger partial charge is 0.496 e. The van der Waals surface area contributed by atoms with E-state index in [-0.39, 0.29) is 23.8 Å². The molecule has 160 valence electrons. The Morgan fingerprint density at radius 2 is 1.86 bits per heavy atom. The lowest BCUT2D eigenvalue weighted by Crippen LogP contribution is -2.54. The monoisotopic (exact) mass is 401 g/mol. The maximum absolute atomic E-state index is 12.9. The van der Waals surface area contributed by atoms with Crippen molar-refractivity contribution in [1.82, 2.24) is 15.5 Å². The fourth-order valence-electron chi connectivity index (χ4n) is 3.45. The highest BCUT2D eigenvalue weighted by molar-refractivity contribution is 5.99. The summed E-state index contributed by atoms with van der Waals surface area (Å²) in [5.74, 6) is 0.0573. The van der Waals surface area contributed by atoms with Gasteiger partial charge >= 0.3 is 0 Å². The molecule has 1 aliphatic rings. The molecule has 0 spiro atoms. The van der Waals surface area contributed by atoms with Gasteiger partial charge < -0.3 is 15.4 Å². The maximum Gasteiger partial charge on any atom is 0.255 e. The quantitative estimate of drug-likeness (QED) is 0.657. The van der Waals surface area contributed by atoms with Crippen LogP contribution in [0.2, 0.25) is 0 Å². The SMILES string of the molecule is COc1ccccc1C(=O)NC(C(=O)NC1CCN(CC=C(C)C)CC1)C(C)C. The summed E-state index contributed by atoms with van der Waals surface area (Å²) in [4.78, 5) is 28.0. The Balaban J connectivity index is 1.93. The number of hydrogen-bond acceptors (Lipinski definition) is 4. The molecule has 0 bridgehead atoms. The zero-order valence-electron chi connectivity index (χ0n) is 18.3. The molecule has 1 aromatic rings. The van der Waals surface area contributed by atoms with Gasteiger partial charge in [0.15, 0.2) is 0 Å². The lowest BCUT2D eigenvalue weighted by atomic mass is 10.00. The van der Waals surface area contributed by atoms with Crippen molar-refractivity contribution in [3.63, 3.8) is 0 Å². The summed E-state index contributed by atoms with van der Waals surface area (Å²) in [6.45, 7) is 11.0. The third kappa shape index (κ3) is 6.89. The number of nitrogens with zero attached hydrogens (tertiary/aromatic N) is 1. The number of hydrogen-bond donors (Lipinski definition) is 2. The smallest absolute Gasteiger partial charge is 0.255 e.